The van der Waals surface area contributed by atoms with E-state index >= 15 is 0 Å². The number of hydrogen-bond donors (Lipinski definition) is 2. The Morgan fingerprint density at radius 1 is 1.39 bits per heavy atom. The standard InChI is InChI=1S/C14H16N2O2/c1-3-13-11(6-7-18-13)14(17)16-10-5-4-9(2)12(15)8-10/h4-8H,3,15H2,1-2H3,(H,16,17). The van der Waals surface area contributed by atoms with Gasteiger partial charge in [-0.3, -0.25) is 4.79 Å². The predicted molar refractivity (Wildman–Crippen MR) is 71.6 cm³/mol. The number of aryl methyl sites for hydroxylation is 2. The molecule has 0 saturated heterocycles. The third kappa shape index (κ3) is 2.37. The molecule has 0 fully saturated rings. The van der Waals surface area contributed by atoms with Crippen molar-refractivity contribution in [3.05, 3.63) is 47.4 Å². The summed E-state index contributed by atoms with van der Waals surface area (Å²) >= 11 is 0. The Morgan fingerprint density at radius 2 is 2.17 bits per heavy atom. The number of anilines is 2. The number of carbonyl (C=O) groups excluding carboxylic acids is 1. The van der Waals surface area contributed by atoms with E-state index in [1.807, 2.05) is 26.0 Å². The summed E-state index contributed by atoms with van der Waals surface area (Å²) in [5.74, 6) is 0.511. The predicted octanol–water partition coefficient (Wildman–Crippen LogP) is 2.98. The van der Waals surface area contributed by atoms with Crippen LogP contribution in [0.1, 0.15) is 28.6 Å². The third-order valence-corrected chi connectivity index (χ3v) is 2.85. The number of amides is 1. The van der Waals surface area contributed by atoms with Gasteiger partial charge in [-0.15, -0.1) is 0 Å². The Morgan fingerprint density at radius 3 is 2.83 bits per heavy atom. The molecule has 0 aliphatic carbocycles. The molecule has 0 aliphatic rings. The minimum atomic E-state index is -0.177. The molecule has 0 unspecified atom stereocenters. The molecule has 2 aromatic rings. The molecule has 4 nitrogen and oxygen atoms in total. The molecule has 0 atom stereocenters. The fourth-order valence-electron chi connectivity index (χ4n) is 1.73. The van der Waals surface area contributed by atoms with Crippen molar-refractivity contribution in [2.75, 3.05) is 11.1 Å². The summed E-state index contributed by atoms with van der Waals surface area (Å²) in [6.45, 7) is 3.87. The number of rotatable bonds is 3. The highest BCUT2D eigenvalue weighted by Gasteiger charge is 2.13. The Hall–Kier alpha value is -2.23. The molecule has 18 heavy (non-hydrogen) atoms. The quantitative estimate of drug-likeness (QED) is 0.815. The maximum absolute atomic E-state index is 12.0. The van der Waals surface area contributed by atoms with Crippen LogP contribution in [0.4, 0.5) is 11.4 Å². The van der Waals surface area contributed by atoms with Gasteiger partial charge in [-0.2, -0.15) is 0 Å². The maximum atomic E-state index is 12.0. The molecule has 4 heteroatoms. The average molecular weight is 244 g/mol. The van der Waals surface area contributed by atoms with Crippen molar-refractivity contribution in [2.24, 2.45) is 0 Å². The van der Waals surface area contributed by atoms with E-state index in [-0.39, 0.29) is 5.91 Å². The van der Waals surface area contributed by atoms with E-state index in [9.17, 15) is 4.79 Å². The highest BCUT2D eigenvalue weighted by molar-refractivity contribution is 6.05. The minimum absolute atomic E-state index is 0.177. The van der Waals surface area contributed by atoms with Gasteiger partial charge in [0.2, 0.25) is 0 Å². The lowest BCUT2D eigenvalue weighted by atomic mass is 10.1. The Kier molecular flexibility index (Phi) is 3.37. The molecule has 0 saturated carbocycles. The van der Waals surface area contributed by atoms with E-state index < -0.39 is 0 Å². The van der Waals surface area contributed by atoms with E-state index in [1.165, 1.54) is 6.26 Å². The lowest BCUT2D eigenvalue weighted by molar-refractivity contribution is 0.102. The zero-order valence-electron chi connectivity index (χ0n) is 10.5. The van der Waals surface area contributed by atoms with Gasteiger partial charge in [-0.05, 0) is 30.7 Å². The summed E-state index contributed by atoms with van der Waals surface area (Å²) in [5.41, 5.74) is 8.71. The average Bonchev–Trinajstić information content (AvgIpc) is 2.82. The van der Waals surface area contributed by atoms with Crippen LogP contribution in [-0.2, 0) is 6.42 Å². The maximum Gasteiger partial charge on any atom is 0.259 e. The number of nitrogens with two attached hydrogens (primary N) is 1. The van der Waals surface area contributed by atoms with Crippen LogP contribution in [0.25, 0.3) is 0 Å². The van der Waals surface area contributed by atoms with Crippen molar-refractivity contribution >= 4 is 17.3 Å². The molecule has 0 bridgehead atoms. The molecule has 94 valence electrons. The van der Waals surface area contributed by atoms with Crippen molar-refractivity contribution < 1.29 is 9.21 Å². The normalized spacial score (nSPS) is 10.3. The van der Waals surface area contributed by atoms with Gasteiger partial charge in [0.15, 0.2) is 0 Å². The number of nitrogen functional groups attached to an aromatic ring is 1. The van der Waals surface area contributed by atoms with Gasteiger partial charge in [0, 0.05) is 17.8 Å². The van der Waals surface area contributed by atoms with Gasteiger partial charge in [0.25, 0.3) is 5.91 Å². The SMILES string of the molecule is CCc1occc1C(=O)Nc1ccc(C)c(N)c1. The Balaban J connectivity index is 2.19. The first-order chi connectivity index (χ1) is 8.61. The topological polar surface area (TPSA) is 68.3 Å². The van der Waals surface area contributed by atoms with Crippen molar-refractivity contribution in [1.29, 1.82) is 0 Å². The van der Waals surface area contributed by atoms with Gasteiger partial charge in [0.1, 0.15) is 5.76 Å². The molecule has 0 radical (unpaired) electrons. The van der Waals surface area contributed by atoms with Crippen LogP contribution in [-0.4, -0.2) is 5.91 Å². The zero-order chi connectivity index (χ0) is 13.1. The van der Waals surface area contributed by atoms with E-state index in [1.54, 1.807) is 12.1 Å². The summed E-state index contributed by atoms with van der Waals surface area (Å²) in [5, 5.41) is 2.81. The van der Waals surface area contributed by atoms with E-state index in [0.29, 0.717) is 29.1 Å². The van der Waals surface area contributed by atoms with Crippen molar-refractivity contribution in [1.82, 2.24) is 0 Å². The summed E-state index contributed by atoms with van der Waals surface area (Å²) in [6, 6.07) is 7.13. The Labute approximate surface area is 106 Å². The second kappa shape index (κ2) is 4.96. The van der Waals surface area contributed by atoms with Gasteiger partial charge < -0.3 is 15.5 Å². The monoisotopic (exact) mass is 244 g/mol. The van der Waals surface area contributed by atoms with Crippen LogP contribution in [0, 0.1) is 6.92 Å². The largest absolute Gasteiger partial charge is 0.469 e. The zero-order valence-corrected chi connectivity index (χ0v) is 10.5. The lowest BCUT2D eigenvalue weighted by Gasteiger charge is -2.07. The molecule has 0 spiro atoms. The van der Waals surface area contributed by atoms with Gasteiger partial charge in [-0.1, -0.05) is 13.0 Å². The first kappa shape index (κ1) is 12.2. The van der Waals surface area contributed by atoms with Gasteiger partial charge in [-0.25, -0.2) is 0 Å². The Bertz CT molecular complexity index is 573. The molecule has 1 amide bonds. The number of benzene rings is 1. The number of nitrogens with one attached hydrogen (secondary N) is 1. The van der Waals surface area contributed by atoms with Crippen molar-refractivity contribution in [3.8, 4) is 0 Å². The van der Waals surface area contributed by atoms with Crippen LogP contribution >= 0.6 is 0 Å². The molecular formula is C14H16N2O2. The highest BCUT2D eigenvalue weighted by atomic mass is 16.3. The lowest BCUT2D eigenvalue weighted by Crippen LogP contribution is -2.13. The van der Waals surface area contributed by atoms with Crippen molar-refractivity contribution in [2.45, 2.75) is 20.3 Å². The first-order valence-corrected chi connectivity index (χ1v) is 5.85. The molecule has 1 aromatic carbocycles. The minimum Gasteiger partial charge on any atom is -0.469 e. The van der Waals surface area contributed by atoms with Crippen molar-refractivity contribution in [3.63, 3.8) is 0 Å². The fourth-order valence-corrected chi connectivity index (χ4v) is 1.73. The molecular weight excluding hydrogens is 228 g/mol. The van der Waals surface area contributed by atoms with Crippen LogP contribution in [0.5, 0.6) is 0 Å². The van der Waals surface area contributed by atoms with E-state index in [4.69, 9.17) is 10.2 Å². The molecule has 1 aromatic heterocycles. The third-order valence-electron chi connectivity index (χ3n) is 2.85. The summed E-state index contributed by atoms with van der Waals surface area (Å²) in [7, 11) is 0. The molecule has 0 aliphatic heterocycles. The molecule has 3 N–H and O–H groups in total. The van der Waals surface area contributed by atoms with Crippen LogP contribution in [0.2, 0.25) is 0 Å². The highest BCUT2D eigenvalue weighted by Crippen LogP contribution is 2.19. The van der Waals surface area contributed by atoms with Crippen LogP contribution in [0.3, 0.4) is 0 Å². The second-order valence-electron chi connectivity index (χ2n) is 4.14. The van der Waals surface area contributed by atoms with Crippen LogP contribution < -0.4 is 11.1 Å². The van der Waals surface area contributed by atoms with E-state index in [0.717, 1.165) is 5.56 Å². The smallest absolute Gasteiger partial charge is 0.259 e. The first-order valence-electron chi connectivity index (χ1n) is 5.85. The van der Waals surface area contributed by atoms with Crippen LogP contribution in [0.15, 0.2) is 34.9 Å². The number of furan rings is 1. The number of hydrogen-bond acceptors (Lipinski definition) is 3. The molecule has 1 heterocycles. The second-order valence-corrected chi connectivity index (χ2v) is 4.14. The van der Waals surface area contributed by atoms with Gasteiger partial charge >= 0.3 is 0 Å². The summed E-state index contributed by atoms with van der Waals surface area (Å²) in [4.78, 5) is 12.0. The number of carbonyl (C=O) groups is 1. The fraction of sp³-hybridized carbons (Fsp3) is 0.214. The van der Waals surface area contributed by atoms with E-state index in [2.05, 4.69) is 5.32 Å². The van der Waals surface area contributed by atoms with Gasteiger partial charge in [0.05, 0.1) is 11.8 Å². The molecule has 2 rings (SSSR count). The summed E-state index contributed by atoms with van der Waals surface area (Å²) < 4.78 is 5.23. The summed E-state index contributed by atoms with van der Waals surface area (Å²) in [6.07, 6.45) is 2.21.